The quantitative estimate of drug-likeness (QED) is 0.744. The van der Waals surface area contributed by atoms with Crippen molar-refractivity contribution in [2.75, 3.05) is 19.1 Å². The van der Waals surface area contributed by atoms with Gasteiger partial charge in [0.1, 0.15) is 0 Å². The molecule has 0 bridgehead atoms. The van der Waals surface area contributed by atoms with Gasteiger partial charge in [0.2, 0.25) is 0 Å². The molecule has 1 fully saturated rings. The zero-order chi connectivity index (χ0) is 12.6. The summed E-state index contributed by atoms with van der Waals surface area (Å²) >= 11 is 5.56. The Morgan fingerprint density at radius 1 is 1.17 bits per heavy atom. The highest BCUT2D eigenvalue weighted by molar-refractivity contribution is 6.17. The molecule has 1 saturated heterocycles. The van der Waals surface area contributed by atoms with Crippen LogP contribution in [-0.4, -0.2) is 31.5 Å². The first-order valence-electron chi connectivity index (χ1n) is 6.33. The molecule has 0 spiro atoms. The number of ether oxygens (including phenoxy) is 3. The smallest absolute Gasteiger partial charge is 0.157 e. The highest BCUT2D eigenvalue weighted by atomic mass is 35.5. The summed E-state index contributed by atoms with van der Waals surface area (Å²) in [6, 6.07) is 10.2. The SMILES string of the molecule is ClCCO[C@H]1CC[C@@H](OCc2ccccc2)CO1. The molecular weight excluding hydrogens is 252 g/mol. The summed E-state index contributed by atoms with van der Waals surface area (Å²) in [7, 11) is 0. The van der Waals surface area contributed by atoms with Crippen LogP contribution in [0.2, 0.25) is 0 Å². The molecule has 2 rings (SSSR count). The van der Waals surface area contributed by atoms with Crippen molar-refractivity contribution < 1.29 is 14.2 Å². The topological polar surface area (TPSA) is 27.7 Å². The van der Waals surface area contributed by atoms with E-state index in [1.54, 1.807) is 0 Å². The molecule has 2 atom stereocenters. The van der Waals surface area contributed by atoms with E-state index in [0.29, 0.717) is 25.7 Å². The van der Waals surface area contributed by atoms with Crippen LogP contribution < -0.4 is 0 Å². The second-order valence-electron chi connectivity index (χ2n) is 4.32. The van der Waals surface area contributed by atoms with Crippen molar-refractivity contribution >= 4 is 11.6 Å². The lowest BCUT2D eigenvalue weighted by atomic mass is 10.1. The van der Waals surface area contributed by atoms with Crippen molar-refractivity contribution in [2.24, 2.45) is 0 Å². The maximum absolute atomic E-state index is 5.82. The van der Waals surface area contributed by atoms with E-state index in [-0.39, 0.29) is 12.4 Å². The Hall–Kier alpha value is -0.610. The van der Waals surface area contributed by atoms with Crippen LogP contribution in [0.25, 0.3) is 0 Å². The molecule has 1 aliphatic rings. The van der Waals surface area contributed by atoms with Crippen molar-refractivity contribution in [3.63, 3.8) is 0 Å². The van der Waals surface area contributed by atoms with E-state index >= 15 is 0 Å². The molecule has 0 N–H and O–H groups in total. The average molecular weight is 271 g/mol. The fourth-order valence-corrected chi connectivity index (χ4v) is 2.02. The van der Waals surface area contributed by atoms with Crippen LogP contribution in [0.3, 0.4) is 0 Å². The molecule has 4 heteroatoms. The van der Waals surface area contributed by atoms with Gasteiger partial charge in [0.25, 0.3) is 0 Å². The van der Waals surface area contributed by atoms with Gasteiger partial charge in [0.05, 0.1) is 25.9 Å². The lowest BCUT2D eigenvalue weighted by Gasteiger charge is -2.28. The Morgan fingerprint density at radius 2 is 2.00 bits per heavy atom. The van der Waals surface area contributed by atoms with Crippen LogP contribution in [0, 0.1) is 0 Å². The van der Waals surface area contributed by atoms with Gasteiger partial charge in [0.15, 0.2) is 6.29 Å². The summed E-state index contributed by atoms with van der Waals surface area (Å²) in [5.74, 6) is 0.508. The monoisotopic (exact) mass is 270 g/mol. The fourth-order valence-electron chi connectivity index (χ4n) is 1.93. The summed E-state index contributed by atoms with van der Waals surface area (Å²) in [5.41, 5.74) is 1.19. The molecule has 1 aromatic carbocycles. The second-order valence-corrected chi connectivity index (χ2v) is 4.70. The Labute approximate surface area is 113 Å². The summed E-state index contributed by atoms with van der Waals surface area (Å²) in [6.07, 6.45) is 1.90. The highest BCUT2D eigenvalue weighted by Gasteiger charge is 2.22. The first kappa shape index (κ1) is 13.8. The standard InChI is InChI=1S/C14H19ClO3/c15-8-9-16-14-7-6-13(11-18-14)17-10-12-4-2-1-3-5-12/h1-5,13-14H,6-11H2/t13-,14-/m1/s1. The molecule has 0 aliphatic carbocycles. The molecule has 0 radical (unpaired) electrons. The first-order valence-corrected chi connectivity index (χ1v) is 6.86. The molecule has 0 saturated carbocycles. The van der Waals surface area contributed by atoms with Crippen molar-refractivity contribution in [2.45, 2.75) is 31.8 Å². The Balaban J connectivity index is 1.65. The third-order valence-corrected chi connectivity index (χ3v) is 3.06. The zero-order valence-corrected chi connectivity index (χ0v) is 11.1. The number of hydrogen-bond donors (Lipinski definition) is 0. The molecule has 0 aromatic heterocycles. The van der Waals surface area contributed by atoms with Crippen molar-refractivity contribution in [3.05, 3.63) is 35.9 Å². The third-order valence-electron chi connectivity index (χ3n) is 2.90. The van der Waals surface area contributed by atoms with Crippen LogP contribution in [0.4, 0.5) is 0 Å². The number of halogens is 1. The summed E-state index contributed by atoms with van der Waals surface area (Å²) in [5, 5.41) is 0. The number of alkyl halides is 1. The van der Waals surface area contributed by atoms with Crippen molar-refractivity contribution in [1.82, 2.24) is 0 Å². The molecule has 1 heterocycles. The van der Waals surface area contributed by atoms with E-state index in [1.807, 2.05) is 18.2 Å². The maximum Gasteiger partial charge on any atom is 0.157 e. The van der Waals surface area contributed by atoms with E-state index in [1.165, 1.54) is 5.56 Å². The molecule has 1 aromatic rings. The lowest BCUT2D eigenvalue weighted by molar-refractivity contribution is -0.193. The van der Waals surface area contributed by atoms with Crippen molar-refractivity contribution in [3.8, 4) is 0 Å². The van der Waals surface area contributed by atoms with Gasteiger partial charge in [-0.25, -0.2) is 0 Å². The predicted octanol–water partition coefficient (Wildman–Crippen LogP) is 2.96. The molecule has 1 aliphatic heterocycles. The molecule has 0 amide bonds. The van der Waals surface area contributed by atoms with E-state index in [2.05, 4.69) is 12.1 Å². The van der Waals surface area contributed by atoms with Crippen molar-refractivity contribution in [1.29, 1.82) is 0 Å². The Kier molecular flexibility index (Phi) is 5.94. The van der Waals surface area contributed by atoms with Gasteiger partial charge in [-0.05, 0) is 12.0 Å². The maximum atomic E-state index is 5.82. The van der Waals surface area contributed by atoms with Gasteiger partial charge in [-0.1, -0.05) is 30.3 Å². The molecule has 18 heavy (non-hydrogen) atoms. The van der Waals surface area contributed by atoms with E-state index < -0.39 is 0 Å². The van der Waals surface area contributed by atoms with Gasteiger partial charge in [0, 0.05) is 12.3 Å². The molecular formula is C14H19ClO3. The third kappa shape index (κ3) is 4.58. The van der Waals surface area contributed by atoms with Gasteiger partial charge in [-0.3, -0.25) is 0 Å². The van der Waals surface area contributed by atoms with Gasteiger partial charge in [-0.15, -0.1) is 11.6 Å². The van der Waals surface area contributed by atoms with Crippen LogP contribution in [-0.2, 0) is 20.8 Å². The summed E-state index contributed by atoms with van der Waals surface area (Å²) < 4.78 is 16.8. The molecule has 100 valence electrons. The minimum Gasteiger partial charge on any atom is -0.371 e. The van der Waals surface area contributed by atoms with Crippen LogP contribution in [0.1, 0.15) is 18.4 Å². The second kappa shape index (κ2) is 7.74. The first-order chi connectivity index (χ1) is 8.88. The van der Waals surface area contributed by atoms with Crippen LogP contribution in [0.5, 0.6) is 0 Å². The van der Waals surface area contributed by atoms with Gasteiger partial charge >= 0.3 is 0 Å². The Morgan fingerprint density at radius 3 is 2.67 bits per heavy atom. The largest absolute Gasteiger partial charge is 0.371 e. The van der Waals surface area contributed by atoms with Crippen LogP contribution >= 0.6 is 11.6 Å². The number of benzene rings is 1. The average Bonchev–Trinajstić information content (AvgIpc) is 2.45. The van der Waals surface area contributed by atoms with Gasteiger partial charge in [-0.2, -0.15) is 0 Å². The van der Waals surface area contributed by atoms with Crippen LogP contribution in [0.15, 0.2) is 30.3 Å². The predicted molar refractivity (Wildman–Crippen MR) is 70.7 cm³/mol. The lowest BCUT2D eigenvalue weighted by Crippen LogP contribution is -2.33. The molecule has 3 nitrogen and oxygen atoms in total. The number of hydrogen-bond acceptors (Lipinski definition) is 3. The highest BCUT2D eigenvalue weighted by Crippen LogP contribution is 2.18. The minimum atomic E-state index is -0.111. The zero-order valence-electron chi connectivity index (χ0n) is 10.4. The van der Waals surface area contributed by atoms with Gasteiger partial charge < -0.3 is 14.2 Å². The normalized spacial score (nSPS) is 24.1. The summed E-state index contributed by atoms with van der Waals surface area (Å²) in [4.78, 5) is 0. The Bertz CT molecular complexity index is 323. The molecule has 0 unspecified atom stereocenters. The van der Waals surface area contributed by atoms with E-state index in [0.717, 1.165) is 12.8 Å². The minimum absolute atomic E-state index is 0.111. The van der Waals surface area contributed by atoms with E-state index in [9.17, 15) is 0 Å². The number of rotatable bonds is 6. The fraction of sp³-hybridized carbons (Fsp3) is 0.571. The summed E-state index contributed by atoms with van der Waals surface area (Å²) in [6.45, 7) is 1.78. The van der Waals surface area contributed by atoms with E-state index in [4.69, 9.17) is 25.8 Å².